The first-order chi connectivity index (χ1) is 19.3. The summed E-state index contributed by atoms with van der Waals surface area (Å²) in [6, 6.07) is 4.86. The Morgan fingerprint density at radius 1 is 1.12 bits per heavy atom. The van der Waals surface area contributed by atoms with Gasteiger partial charge in [-0.1, -0.05) is 6.92 Å². The van der Waals surface area contributed by atoms with Gasteiger partial charge in [-0.25, -0.2) is 22.2 Å². The zero-order valence-corrected chi connectivity index (χ0v) is 25.1. The third kappa shape index (κ3) is 8.49. The molecule has 1 heterocycles. The first kappa shape index (κ1) is 32.5. The number of anilines is 2. The second-order valence-corrected chi connectivity index (χ2v) is 13.4. The molecule has 0 saturated heterocycles. The topological polar surface area (TPSA) is 121 Å². The third-order valence-electron chi connectivity index (χ3n) is 7.30. The number of methoxy groups -OCH3 is 1. The molecule has 10 nitrogen and oxygen atoms in total. The van der Waals surface area contributed by atoms with Gasteiger partial charge in [0.15, 0.2) is 0 Å². The zero-order chi connectivity index (χ0) is 30.5. The van der Waals surface area contributed by atoms with E-state index in [9.17, 15) is 27.1 Å². The van der Waals surface area contributed by atoms with E-state index in [1.54, 1.807) is 19.9 Å². The number of aliphatic hydroxyl groups is 1. The number of pyridine rings is 1. The number of aromatic nitrogens is 1. The van der Waals surface area contributed by atoms with E-state index in [0.29, 0.717) is 30.3 Å². The number of nitrogens with one attached hydrogen (secondary N) is 1. The summed E-state index contributed by atoms with van der Waals surface area (Å²) in [5.41, 5.74) is 0.141. The van der Waals surface area contributed by atoms with Crippen LogP contribution in [0.4, 0.5) is 20.4 Å². The predicted molar refractivity (Wildman–Crippen MR) is 153 cm³/mol. The Morgan fingerprint density at radius 2 is 1.73 bits per heavy atom. The molecule has 0 radical (unpaired) electrons. The number of carbonyl (C=O) groups is 1. The lowest BCUT2D eigenvalue weighted by Crippen LogP contribution is -2.47. The Hall–Kier alpha value is -3.03. The van der Waals surface area contributed by atoms with E-state index in [0.717, 1.165) is 22.9 Å². The number of hydrogen-bond acceptors (Lipinski definition) is 8. The number of hydrogen-bond donors (Lipinski definition) is 2. The summed E-state index contributed by atoms with van der Waals surface area (Å²) >= 11 is 0. The zero-order valence-electron chi connectivity index (χ0n) is 24.3. The molecule has 1 aliphatic rings. The molecule has 1 aromatic carbocycles. The average molecular weight is 599 g/mol. The second-order valence-electron chi connectivity index (χ2n) is 10.9. The van der Waals surface area contributed by atoms with Crippen LogP contribution in [0.25, 0.3) is 0 Å². The highest BCUT2D eigenvalue weighted by molar-refractivity contribution is 7.93. The summed E-state index contributed by atoms with van der Waals surface area (Å²) in [4.78, 5) is 20.0. The van der Waals surface area contributed by atoms with Crippen molar-refractivity contribution in [2.45, 2.75) is 38.5 Å². The number of rotatable bonds is 15. The van der Waals surface area contributed by atoms with Gasteiger partial charge in [0, 0.05) is 57.4 Å². The minimum Gasteiger partial charge on any atom is -0.491 e. The largest absolute Gasteiger partial charge is 0.491 e. The molecule has 228 valence electrons. The van der Waals surface area contributed by atoms with Crippen LogP contribution in [0.5, 0.6) is 5.75 Å². The SMILES string of the molecule is COCC(CO)[C@H](COc1cc(F)cc(F)c1)NC(=O)c1cc(N(C)C[C@H]2C[C@@H]2C)nc(N(C)S(=O)(=O)C(C)C)c1. The van der Waals surface area contributed by atoms with Gasteiger partial charge in [0.25, 0.3) is 5.91 Å². The smallest absolute Gasteiger partial charge is 0.251 e. The van der Waals surface area contributed by atoms with Crippen molar-refractivity contribution >= 4 is 27.6 Å². The fraction of sp³-hybridized carbons (Fsp3) is 0.571. The quantitative estimate of drug-likeness (QED) is 0.321. The van der Waals surface area contributed by atoms with E-state index in [4.69, 9.17) is 9.47 Å². The minimum atomic E-state index is -3.74. The summed E-state index contributed by atoms with van der Waals surface area (Å²) in [7, 11) is 0.927. The van der Waals surface area contributed by atoms with Crippen molar-refractivity contribution in [3.05, 3.63) is 47.5 Å². The van der Waals surface area contributed by atoms with Crippen LogP contribution in [-0.4, -0.2) is 83.3 Å². The van der Waals surface area contributed by atoms with Crippen molar-refractivity contribution in [2.75, 3.05) is 56.8 Å². The third-order valence-corrected chi connectivity index (χ3v) is 9.44. The first-order valence-corrected chi connectivity index (χ1v) is 15.0. The molecule has 0 spiro atoms. The fourth-order valence-electron chi connectivity index (χ4n) is 4.39. The normalized spacial score (nSPS) is 18.1. The van der Waals surface area contributed by atoms with Crippen LogP contribution in [0.15, 0.2) is 30.3 Å². The van der Waals surface area contributed by atoms with Gasteiger partial charge >= 0.3 is 0 Å². The van der Waals surface area contributed by atoms with E-state index in [1.807, 2.05) is 11.9 Å². The molecule has 4 atom stereocenters. The van der Waals surface area contributed by atoms with Gasteiger partial charge in [-0.15, -0.1) is 0 Å². The number of nitrogens with zero attached hydrogens (tertiary/aromatic N) is 3. The summed E-state index contributed by atoms with van der Waals surface area (Å²) in [6.45, 7) is 5.43. The standard InChI is InChI=1S/C28H40F2N4O6S/c1-17(2)41(37,38)34(5)27-9-19(8-26(32-27)33(4)13-20-7-18(20)3)28(36)31-25(21(14-35)15-39-6)16-40-24-11-22(29)10-23(30)12-24/h8-12,17-18,20-21,25,35H,7,13-16H2,1-6H3,(H,31,36)/t18-,20+,21?,25-/m0/s1. The Bertz CT molecular complexity index is 1290. The van der Waals surface area contributed by atoms with E-state index < -0.39 is 44.8 Å². The van der Waals surface area contributed by atoms with Crippen LogP contribution >= 0.6 is 0 Å². The van der Waals surface area contributed by atoms with E-state index in [1.165, 1.54) is 20.2 Å². The van der Waals surface area contributed by atoms with Crippen LogP contribution in [0.3, 0.4) is 0 Å². The van der Waals surface area contributed by atoms with Crippen molar-refractivity contribution in [1.29, 1.82) is 0 Å². The molecule has 3 rings (SSSR count). The molecule has 2 aromatic rings. The number of benzene rings is 1. The second kappa shape index (κ2) is 13.8. The molecular formula is C28H40F2N4O6S. The van der Waals surface area contributed by atoms with Gasteiger partial charge in [-0.05, 0) is 44.2 Å². The van der Waals surface area contributed by atoms with Crippen LogP contribution in [0.1, 0.15) is 37.6 Å². The Balaban J connectivity index is 1.93. The molecule has 1 aromatic heterocycles. The van der Waals surface area contributed by atoms with Gasteiger partial charge < -0.3 is 24.8 Å². The summed E-state index contributed by atoms with van der Waals surface area (Å²) in [6.07, 6.45) is 1.08. The lowest BCUT2D eigenvalue weighted by molar-refractivity contribution is 0.0636. The highest BCUT2D eigenvalue weighted by Crippen LogP contribution is 2.38. The van der Waals surface area contributed by atoms with E-state index in [2.05, 4.69) is 17.2 Å². The van der Waals surface area contributed by atoms with Crippen molar-refractivity contribution in [3.63, 3.8) is 0 Å². The molecule has 1 aliphatic carbocycles. The lowest BCUT2D eigenvalue weighted by atomic mass is 10.0. The van der Waals surface area contributed by atoms with Crippen LogP contribution in [0.2, 0.25) is 0 Å². The van der Waals surface area contributed by atoms with Gasteiger partial charge in [0.2, 0.25) is 10.0 Å². The maximum atomic E-state index is 13.7. The number of carbonyl (C=O) groups excluding carboxylic acids is 1. The molecule has 1 amide bonds. The number of aliphatic hydroxyl groups excluding tert-OH is 1. The summed E-state index contributed by atoms with van der Waals surface area (Å²) in [5.74, 6) is -1.36. The molecule has 1 saturated carbocycles. The van der Waals surface area contributed by atoms with Crippen LogP contribution in [0, 0.1) is 29.4 Å². The molecule has 41 heavy (non-hydrogen) atoms. The minimum absolute atomic E-state index is 0.0623. The monoisotopic (exact) mass is 598 g/mol. The molecule has 1 fully saturated rings. The summed E-state index contributed by atoms with van der Waals surface area (Å²) in [5, 5.41) is 12.1. The van der Waals surface area contributed by atoms with Crippen LogP contribution in [-0.2, 0) is 14.8 Å². The van der Waals surface area contributed by atoms with E-state index in [-0.39, 0.29) is 37.0 Å². The van der Waals surface area contributed by atoms with Crippen molar-refractivity contribution in [3.8, 4) is 5.75 Å². The Kier molecular flexibility index (Phi) is 10.9. The lowest BCUT2D eigenvalue weighted by Gasteiger charge is -2.27. The first-order valence-electron chi connectivity index (χ1n) is 13.5. The van der Waals surface area contributed by atoms with Crippen molar-refractivity contribution in [2.24, 2.45) is 17.8 Å². The maximum Gasteiger partial charge on any atom is 0.251 e. The molecular weight excluding hydrogens is 558 g/mol. The van der Waals surface area contributed by atoms with Crippen molar-refractivity contribution < 1.29 is 36.6 Å². The Morgan fingerprint density at radius 3 is 2.27 bits per heavy atom. The van der Waals surface area contributed by atoms with Crippen LogP contribution < -0.4 is 19.3 Å². The Labute approximate surface area is 240 Å². The molecule has 0 bridgehead atoms. The van der Waals surface area contributed by atoms with Gasteiger partial charge in [-0.2, -0.15) is 0 Å². The molecule has 0 aliphatic heterocycles. The number of amides is 1. The van der Waals surface area contributed by atoms with Crippen molar-refractivity contribution in [1.82, 2.24) is 10.3 Å². The fourth-order valence-corrected chi connectivity index (χ4v) is 5.38. The number of ether oxygens (including phenoxy) is 2. The molecule has 2 N–H and O–H groups in total. The molecule has 13 heteroatoms. The predicted octanol–water partition coefficient (Wildman–Crippen LogP) is 3.06. The summed E-state index contributed by atoms with van der Waals surface area (Å²) < 4.78 is 65.0. The number of halogens is 2. The average Bonchev–Trinajstić information content (AvgIpc) is 3.61. The highest BCUT2D eigenvalue weighted by atomic mass is 32.2. The maximum absolute atomic E-state index is 13.7. The van der Waals surface area contributed by atoms with Gasteiger partial charge in [-0.3, -0.25) is 9.10 Å². The van der Waals surface area contributed by atoms with Gasteiger partial charge in [0.05, 0.1) is 24.5 Å². The number of sulfonamides is 1. The van der Waals surface area contributed by atoms with Gasteiger partial charge in [0.1, 0.15) is 35.6 Å². The highest BCUT2D eigenvalue weighted by Gasteiger charge is 2.34. The molecule has 1 unspecified atom stereocenters. The van der Waals surface area contributed by atoms with E-state index >= 15 is 0 Å².